The fourth-order valence-electron chi connectivity index (χ4n) is 2.18. The zero-order chi connectivity index (χ0) is 15.6. The number of nitro benzene ring substituents is 1. The summed E-state index contributed by atoms with van der Waals surface area (Å²) in [6, 6.07) is 7.11. The van der Waals surface area contributed by atoms with E-state index < -0.39 is 0 Å². The molecule has 0 bridgehead atoms. The molecule has 2 rings (SSSR count). The first-order chi connectivity index (χ1) is 9.93. The number of halogens is 1. The molecule has 21 heavy (non-hydrogen) atoms. The number of furan rings is 1. The zero-order valence-corrected chi connectivity index (χ0v) is 13.7. The van der Waals surface area contributed by atoms with Crippen LogP contribution in [-0.4, -0.2) is 11.5 Å². The van der Waals surface area contributed by atoms with E-state index in [4.69, 9.17) is 4.42 Å². The van der Waals surface area contributed by atoms with E-state index in [0.29, 0.717) is 16.9 Å². The molecule has 1 heterocycles. The Labute approximate surface area is 131 Å². The first kappa shape index (κ1) is 15.7. The maximum absolute atomic E-state index is 11.1. The van der Waals surface area contributed by atoms with Crippen LogP contribution in [0, 0.1) is 17.0 Å². The summed E-state index contributed by atoms with van der Waals surface area (Å²) in [5.41, 5.74) is 1.39. The second-order valence-corrected chi connectivity index (χ2v) is 5.71. The summed E-state index contributed by atoms with van der Waals surface area (Å²) in [6.07, 6.45) is 0. The lowest BCUT2D eigenvalue weighted by molar-refractivity contribution is -0.385. The molecule has 5 nitrogen and oxygen atoms in total. The van der Waals surface area contributed by atoms with Gasteiger partial charge in [0.1, 0.15) is 11.5 Å². The molecular formula is C15H17BrN2O3. The molecule has 0 aliphatic rings. The van der Waals surface area contributed by atoms with Gasteiger partial charge in [-0.3, -0.25) is 10.1 Å². The van der Waals surface area contributed by atoms with Gasteiger partial charge in [-0.25, -0.2) is 0 Å². The highest BCUT2D eigenvalue weighted by molar-refractivity contribution is 9.10. The SMILES string of the molecule is CCNC(C)c1ccc(-c2cc([N+](=O)[O-])c(C)cc2Br)o1. The van der Waals surface area contributed by atoms with Crippen molar-refractivity contribution < 1.29 is 9.34 Å². The molecule has 0 amide bonds. The normalized spacial score (nSPS) is 12.4. The molecule has 1 aromatic carbocycles. The van der Waals surface area contributed by atoms with E-state index in [1.165, 1.54) is 0 Å². The van der Waals surface area contributed by atoms with Gasteiger partial charge in [0.05, 0.1) is 11.0 Å². The van der Waals surface area contributed by atoms with Gasteiger partial charge in [-0.1, -0.05) is 22.9 Å². The molecule has 0 radical (unpaired) electrons. The van der Waals surface area contributed by atoms with Crippen molar-refractivity contribution in [3.05, 3.63) is 50.2 Å². The molecule has 6 heteroatoms. The fourth-order valence-corrected chi connectivity index (χ4v) is 2.84. The smallest absolute Gasteiger partial charge is 0.273 e. The summed E-state index contributed by atoms with van der Waals surface area (Å²) in [5.74, 6) is 1.42. The van der Waals surface area contributed by atoms with Crippen LogP contribution in [0.5, 0.6) is 0 Å². The van der Waals surface area contributed by atoms with Crippen molar-refractivity contribution in [3.8, 4) is 11.3 Å². The van der Waals surface area contributed by atoms with Crippen molar-refractivity contribution in [2.45, 2.75) is 26.8 Å². The third kappa shape index (κ3) is 3.33. The summed E-state index contributed by atoms with van der Waals surface area (Å²) >= 11 is 3.45. The van der Waals surface area contributed by atoms with E-state index in [2.05, 4.69) is 21.2 Å². The minimum absolute atomic E-state index is 0.0888. The van der Waals surface area contributed by atoms with Crippen LogP contribution >= 0.6 is 15.9 Å². The first-order valence-corrected chi connectivity index (χ1v) is 7.51. The lowest BCUT2D eigenvalue weighted by Crippen LogP contribution is -2.16. The summed E-state index contributed by atoms with van der Waals surface area (Å²) in [7, 11) is 0. The van der Waals surface area contributed by atoms with E-state index in [1.54, 1.807) is 19.1 Å². The van der Waals surface area contributed by atoms with Gasteiger partial charge in [0.15, 0.2) is 0 Å². The quantitative estimate of drug-likeness (QED) is 0.630. The Morgan fingerprint density at radius 3 is 2.76 bits per heavy atom. The second kappa shape index (κ2) is 6.41. The first-order valence-electron chi connectivity index (χ1n) is 6.72. The van der Waals surface area contributed by atoms with Crippen LogP contribution in [0.4, 0.5) is 5.69 Å². The van der Waals surface area contributed by atoms with Crippen LogP contribution < -0.4 is 5.32 Å². The molecule has 112 valence electrons. The number of benzene rings is 1. The second-order valence-electron chi connectivity index (χ2n) is 4.86. The average molecular weight is 353 g/mol. The molecule has 0 saturated heterocycles. The number of aryl methyl sites for hydroxylation is 1. The Bertz CT molecular complexity index is 667. The van der Waals surface area contributed by atoms with Gasteiger partial charge < -0.3 is 9.73 Å². The number of nitrogens with zero attached hydrogens (tertiary/aromatic N) is 1. The van der Waals surface area contributed by atoms with Crippen LogP contribution in [0.25, 0.3) is 11.3 Å². The van der Waals surface area contributed by atoms with E-state index >= 15 is 0 Å². The van der Waals surface area contributed by atoms with Crippen molar-refractivity contribution in [3.63, 3.8) is 0 Å². The van der Waals surface area contributed by atoms with Gasteiger partial charge in [-0.15, -0.1) is 0 Å². The van der Waals surface area contributed by atoms with E-state index in [1.807, 2.05) is 26.0 Å². The number of hydrogen-bond acceptors (Lipinski definition) is 4. The summed E-state index contributed by atoms with van der Waals surface area (Å²) < 4.78 is 6.60. The Hall–Kier alpha value is -1.66. The van der Waals surface area contributed by atoms with Gasteiger partial charge >= 0.3 is 0 Å². The Kier molecular flexibility index (Phi) is 4.80. The number of hydrogen-bond donors (Lipinski definition) is 1. The molecule has 0 fully saturated rings. The minimum atomic E-state index is -0.379. The van der Waals surface area contributed by atoms with Crippen LogP contribution in [0.1, 0.15) is 31.2 Å². The van der Waals surface area contributed by atoms with Gasteiger partial charge in [0.2, 0.25) is 0 Å². The lowest BCUT2D eigenvalue weighted by atomic mass is 10.1. The Balaban J connectivity index is 2.42. The number of nitrogens with one attached hydrogen (secondary N) is 1. The fraction of sp³-hybridized carbons (Fsp3) is 0.333. The molecule has 1 aromatic heterocycles. The third-order valence-electron chi connectivity index (χ3n) is 3.31. The molecule has 1 unspecified atom stereocenters. The van der Waals surface area contributed by atoms with E-state index in [0.717, 1.165) is 16.8 Å². The van der Waals surface area contributed by atoms with Gasteiger partial charge in [-0.2, -0.15) is 0 Å². The molecular weight excluding hydrogens is 336 g/mol. The summed E-state index contributed by atoms with van der Waals surface area (Å²) in [4.78, 5) is 10.7. The van der Waals surface area contributed by atoms with Gasteiger partial charge in [-0.05, 0) is 38.6 Å². The molecule has 0 aliphatic carbocycles. The maximum atomic E-state index is 11.1. The number of rotatable bonds is 5. The Morgan fingerprint density at radius 1 is 1.43 bits per heavy atom. The van der Waals surface area contributed by atoms with Crippen molar-refractivity contribution in [2.24, 2.45) is 0 Å². The van der Waals surface area contributed by atoms with E-state index in [-0.39, 0.29) is 16.7 Å². The predicted octanol–water partition coefficient (Wildman–Crippen LogP) is 4.60. The highest BCUT2D eigenvalue weighted by Gasteiger charge is 2.18. The zero-order valence-electron chi connectivity index (χ0n) is 12.1. The molecule has 2 aromatic rings. The highest BCUT2D eigenvalue weighted by Crippen LogP contribution is 2.35. The molecule has 1 atom stereocenters. The predicted molar refractivity (Wildman–Crippen MR) is 85.3 cm³/mol. The van der Waals surface area contributed by atoms with Crippen LogP contribution in [0.15, 0.2) is 33.2 Å². The monoisotopic (exact) mass is 352 g/mol. The van der Waals surface area contributed by atoms with Crippen molar-refractivity contribution >= 4 is 21.6 Å². The molecule has 1 N–H and O–H groups in total. The van der Waals surface area contributed by atoms with Crippen LogP contribution in [0.2, 0.25) is 0 Å². The average Bonchev–Trinajstić information content (AvgIpc) is 2.88. The molecule has 0 spiro atoms. The van der Waals surface area contributed by atoms with Crippen LogP contribution in [-0.2, 0) is 0 Å². The third-order valence-corrected chi connectivity index (χ3v) is 3.97. The largest absolute Gasteiger partial charge is 0.459 e. The summed E-state index contributed by atoms with van der Waals surface area (Å²) in [6.45, 7) is 6.60. The van der Waals surface area contributed by atoms with Crippen molar-refractivity contribution in [2.75, 3.05) is 6.54 Å². The molecule has 0 aliphatic heterocycles. The van der Waals surface area contributed by atoms with Crippen molar-refractivity contribution in [1.29, 1.82) is 0 Å². The molecule has 0 saturated carbocycles. The van der Waals surface area contributed by atoms with Gasteiger partial charge in [0, 0.05) is 21.7 Å². The lowest BCUT2D eigenvalue weighted by Gasteiger charge is -2.09. The maximum Gasteiger partial charge on any atom is 0.273 e. The van der Waals surface area contributed by atoms with Gasteiger partial charge in [0.25, 0.3) is 5.69 Å². The van der Waals surface area contributed by atoms with Crippen molar-refractivity contribution in [1.82, 2.24) is 5.32 Å². The Morgan fingerprint density at radius 2 is 2.14 bits per heavy atom. The standard InChI is InChI=1S/C15H17BrN2O3/c1-4-17-10(3)14-5-6-15(21-14)11-8-13(18(19)20)9(2)7-12(11)16/h5-8,10,17H,4H2,1-3H3. The minimum Gasteiger partial charge on any atom is -0.459 e. The topological polar surface area (TPSA) is 68.3 Å². The van der Waals surface area contributed by atoms with Crippen LogP contribution in [0.3, 0.4) is 0 Å². The summed E-state index contributed by atoms with van der Waals surface area (Å²) in [5, 5.41) is 14.3. The highest BCUT2D eigenvalue weighted by atomic mass is 79.9. The van der Waals surface area contributed by atoms with E-state index in [9.17, 15) is 10.1 Å². The number of nitro groups is 1.